The lowest BCUT2D eigenvalue weighted by Gasteiger charge is -2.23. The second-order valence-electron chi connectivity index (χ2n) is 6.07. The van der Waals surface area contributed by atoms with Crippen LogP contribution in [0.3, 0.4) is 0 Å². The predicted molar refractivity (Wildman–Crippen MR) is 95.4 cm³/mol. The van der Waals surface area contributed by atoms with E-state index in [1.54, 1.807) is 0 Å². The van der Waals surface area contributed by atoms with Gasteiger partial charge in [-0.05, 0) is 12.8 Å². The topological polar surface area (TPSA) is 114 Å². The lowest BCUT2D eigenvalue weighted by atomic mass is 9.89. The molecule has 0 aliphatic rings. The van der Waals surface area contributed by atoms with Crippen molar-refractivity contribution in [3.05, 3.63) is 12.7 Å². The standard InChI is InChI=1S/C17H29N3O6/c1-6-13(21)26-12-10-19-15(23)20(16(24)25-5)11-8-9-18-14(22)17(3,4)7-2/h6H,1,7-12H2,2-5H3,(H,18,22)(H,19,23). The molecule has 0 aromatic heterocycles. The molecule has 0 unspecified atom stereocenters. The van der Waals surface area contributed by atoms with Crippen LogP contribution in [-0.4, -0.2) is 62.3 Å². The zero-order valence-corrected chi connectivity index (χ0v) is 15.9. The van der Waals surface area contributed by atoms with Crippen LogP contribution < -0.4 is 10.6 Å². The van der Waals surface area contributed by atoms with E-state index in [1.165, 1.54) is 7.11 Å². The monoisotopic (exact) mass is 371 g/mol. The number of carbonyl (C=O) groups is 4. The molecule has 4 amide bonds. The fourth-order valence-electron chi connectivity index (χ4n) is 1.69. The van der Waals surface area contributed by atoms with Crippen molar-refractivity contribution in [1.29, 1.82) is 0 Å². The predicted octanol–water partition coefficient (Wildman–Crippen LogP) is 1.44. The molecule has 0 fully saturated rings. The van der Waals surface area contributed by atoms with E-state index in [9.17, 15) is 19.2 Å². The molecule has 2 N–H and O–H groups in total. The number of hydrogen-bond acceptors (Lipinski definition) is 6. The summed E-state index contributed by atoms with van der Waals surface area (Å²) < 4.78 is 9.31. The van der Waals surface area contributed by atoms with Gasteiger partial charge in [-0.2, -0.15) is 0 Å². The number of imide groups is 1. The number of hydrogen-bond donors (Lipinski definition) is 2. The normalized spacial score (nSPS) is 10.5. The minimum absolute atomic E-state index is 0.0351. The number of rotatable bonds is 10. The molecule has 0 aromatic rings. The minimum atomic E-state index is -0.814. The average Bonchev–Trinajstić information content (AvgIpc) is 2.63. The largest absolute Gasteiger partial charge is 0.461 e. The Kier molecular flexibility index (Phi) is 10.7. The number of nitrogens with one attached hydrogen (secondary N) is 2. The highest BCUT2D eigenvalue weighted by atomic mass is 16.5. The van der Waals surface area contributed by atoms with E-state index in [0.717, 1.165) is 11.0 Å². The summed E-state index contributed by atoms with van der Waals surface area (Å²) in [7, 11) is 1.17. The molecular formula is C17H29N3O6. The molecule has 0 saturated heterocycles. The van der Waals surface area contributed by atoms with Crippen LogP contribution in [0.1, 0.15) is 33.6 Å². The molecule has 0 radical (unpaired) electrons. The number of ether oxygens (including phenoxy) is 2. The summed E-state index contributed by atoms with van der Waals surface area (Å²) in [5.41, 5.74) is -0.470. The first kappa shape index (κ1) is 23.4. The maximum Gasteiger partial charge on any atom is 0.417 e. The summed E-state index contributed by atoms with van der Waals surface area (Å²) >= 11 is 0. The molecule has 0 bridgehead atoms. The Labute approximate surface area is 154 Å². The second kappa shape index (κ2) is 11.9. The Balaban J connectivity index is 4.38. The lowest BCUT2D eigenvalue weighted by molar-refractivity contribution is -0.137. The minimum Gasteiger partial charge on any atom is -0.461 e. The van der Waals surface area contributed by atoms with Crippen molar-refractivity contribution in [3.63, 3.8) is 0 Å². The van der Waals surface area contributed by atoms with E-state index in [-0.39, 0.29) is 25.6 Å². The zero-order valence-electron chi connectivity index (χ0n) is 15.9. The van der Waals surface area contributed by atoms with Crippen LogP contribution in [0.15, 0.2) is 12.7 Å². The van der Waals surface area contributed by atoms with Gasteiger partial charge in [0.15, 0.2) is 0 Å². The smallest absolute Gasteiger partial charge is 0.417 e. The van der Waals surface area contributed by atoms with E-state index < -0.39 is 23.5 Å². The van der Waals surface area contributed by atoms with Crippen LogP contribution in [0, 0.1) is 5.41 Å². The van der Waals surface area contributed by atoms with Gasteiger partial charge in [-0.3, -0.25) is 4.79 Å². The van der Waals surface area contributed by atoms with Crippen LogP contribution in [0.5, 0.6) is 0 Å². The number of esters is 1. The van der Waals surface area contributed by atoms with Gasteiger partial charge in [0.1, 0.15) is 6.61 Å². The van der Waals surface area contributed by atoms with Crippen LogP contribution in [0.2, 0.25) is 0 Å². The van der Waals surface area contributed by atoms with Crippen molar-refractivity contribution in [1.82, 2.24) is 15.5 Å². The first-order chi connectivity index (χ1) is 12.2. The summed E-state index contributed by atoms with van der Waals surface area (Å²) in [4.78, 5) is 47.5. The van der Waals surface area contributed by atoms with Gasteiger partial charge in [0.05, 0.1) is 13.7 Å². The molecule has 0 rings (SSSR count). The highest BCUT2D eigenvalue weighted by Crippen LogP contribution is 2.19. The van der Waals surface area contributed by atoms with E-state index in [4.69, 9.17) is 4.74 Å². The Morgan fingerprint density at radius 1 is 1.15 bits per heavy atom. The fourth-order valence-corrected chi connectivity index (χ4v) is 1.69. The van der Waals surface area contributed by atoms with Crippen molar-refractivity contribution in [2.75, 3.05) is 33.4 Å². The molecule has 0 aromatic carbocycles. The van der Waals surface area contributed by atoms with Gasteiger partial charge < -0.3 is 20.1 Å². The molecule has 0 aliphatic heterocycles. The number of carbonyl (C=O) groups excluding carboxylic acids is 4. The Morgan fingerprint density at radius 2 is 1.81 bits per heavy atom. The lowest BCUT2D eigenvalue weighted by Crippen LogP contribution is -2.46. The summed E-state index contributed by atoms with van der Waals surface area (Å²) in [6.45, 7) is 9.24. The van der Waals surface area contributed by atoms with Gasteiger partial charge in [-0.25, -0.2) is 19.3 Å². The summed E-state index contributed by atoms with van der Waals surface area (Å²) in [6.07, 6.45) is 1.27. The Bertz CT molecular complexity index is 519. The summed E-state index contributed by atoms with van der Waals surface area (Å²) in [6, 6.07) is -0.674. The van der Waals surface area contributed by atoms with Crippen molar-refractivity contribution >= 4 is 24.0 Å². The molecular weight excluding hydrogens is 342 g/mol. The first-order valence-corrected chi connectivity index (χ1v) is 8.40. The molecule has 26 heavy (non-hydrogen) atoms. The fraction of sp³-hybridized carbons (Fsp3) is 0.647. The highest BCUT2D eigenvalue weighted by Gasteiger charge is 2.25. The van der Waals surface area contributed by atoms with E-state index in [2.05, 4.69) is 21.9 Å². The molecule has 0 aliphatic carbocycles. The van der Waals surface area contributed by atoms with Gasteiger partial charge in [0.2, 0.25) is 5.91 Å². The number of urea groups is 1. The van der Waals surface area contributed by atoms with Crippen molar-refractivity contribution in [3.8, 4) is 0 Å². The molecule has 9 heteroatoms. The van der Waals surface area contributed by atoms with Gasteiger partial charge >= 0.3 is 18.1 Å². The van der Waals surface area contributed by atoms with Crippen LogP contribution in [0.25, 0.3) is 0 Å². The third-order valence-electron chi connectivity index (χ3n) is 3.77. The number of methoxy groups -OCH3 is 1. The third-order valence-corrected chi connectivity index (χ3v) is 3.77. The van der Waals surface area contributed by atoms with Crippen molar-refractivity contribution in [2.45, 2.75) is 33.6 Å². The van der Waals surface area contributed by atoms with Crippen LogP contribution >= 0.6 is 0 Å². The Hall–Kier alpha value is -2.58. The van der Waals surface area contributed by atoms with Gasteiger partial charge in [0.25, 0.3) is 0 Å². The van der Waals surface area contributed by atoms with Crippen LogP contribution in [0.4, 0.5) is 9.59 Å². The maximum atomic E-state index is 12.1. The van der Waals surface area contributed by atoms with Crippen molar-refractivity contribution < 1.29 is 28.7 Å². The Morgan fingerprint density at radius 3 is 2.35 bits per heavy atom. The van der Waals surface area contributed by atoms with Crippen LogP contribution in [-0.2, 0) is 19.1 Å². The molecule has 0 spiro atoms. The summed E-state index contributed by atoms with van der Waals surface area (Å²) in [5, 5.41) is 5.23. The average molecular weight is 371 g/mol. The van der Waals surface area contributed by atoms with Crippen molar-refractivity contribution in [2.24, 2.45) is 5.41 Å². The highest BCUT2D eigenvalue weighted by molar-refractivity contribution is 5.90. The van der Waals surface area contributed by atoms with Gasteiger partial charge in [-0.1, -0.05) is 27.4 Å². The second-order valence-corrected chi connectivity index (χ2v) is 6.07. The molecule has 9 nitrogen and oxygen atoms in total. The molecule has 148 valence electrons. The SMILES string of the molecule is C=CC(=O)OCCNC(=O)N(CCCNC(=O)C(C)(C)CC)C(=O)OC. The zero-order chi connectivity index (χ0) is 20.2. The molecule has 0 heterocycles. The number of amides is 4. The summed E-state index contributed by atoms with van der Waals surface area (Å²) in [5.74, 6) is -0.687. The molecule has 0 saturated carbocycles. The number of nitrogens with zero attached hydrogens (tertiary/aromatic N) is 1. The van der Waals surface area contributed by atoms with E-state index in [0.29, 0.717) is 19.4 Å². The first-order valence-electron chi connectivity index (χ1n) is 8.40. The van der Waals surface area contributed by atoms with Gasteiger partial charge in [-0.15, -0.1) is 0 Å². The molecule has 0 atom stereocenters. The maximum absolute atomic E-state index is 12.1. The van der Waals surface area contributed by atoms with Gasteiger partial charge in [0, 0.05) is 24.6 Å². The third kappa shape index (κ3) is 8.50. The van der Waals surface area contributed by atoms with E-state index in [1.807, 2.05) is 20.8 Å². The van der Waals surface area contributed by atoms with E-state index >= 15 is 0 Å². The quantitative estimate of drug-likeness (QED) is 0.341.